The number of aromatic nitrogens is 4. The summed E-state index contributed by atoms with van der Waals surface area (Å²) < 4.78 is 1.66. The van der Waals surface area contributed by atoms with E-state index in [1.807, 2.05) is 36.5 Å². The van der Waals surface area contributed by atoms with E-state index in [2.05, 4.69) is 25.7 Å². The van der Waals surface area contributed by atoms with Crippen molar-refractivity contribution in [3.8, 4) is 5.82 Å². The molecule has 2 aromatic heterocycles. The summed E-state index contributed by atoms with van der Waals surface area (Å²) in [5, 5.41) is 10.0. The van der Waals surface area contributed by atoms with Crippen molar-refractivity contribution in [3.05, 3.63) is 55.1 Å². The Hall–Kier alpha value is -3.22. The van der Waals surface area contributed by atoms with E-state index in [1.54, 1.807) is 16.9 Å². The first kappa shape index (κ1) is 13.7. The van der Waals surface area contributed by atoms with Gasteiger partial charge in [-0.15, -0.1) is 0 Å². The number of amides is 1. The molecule has 0 aliphatic rings. The highest BCUT2D eigenvalue weighted by molar-refractivity contribution is 5.88. The van der Waals surface area contributed by atoms with E-state index in [4.69, 9.17) is 0 Å². The van der Waals surface area contributed by atoms with Crippen molar-refractivity contribution in [2.24, 2.45) is 0 Å². The van der Waals surface area contributed by atoms with Crippen molar-refractivity contribution in [3.63, 3.8) is 0 Å². The zero-order chi connectivity index (χ0) is 15.4. The number of anilines is 3. The van der Waals surface area contributed by atoms with Gasteiger partial charge in [0.15, 0.2) is 5.82 Å². The minimum absolute atomic E-state index is 0.0969. The molecular formula is C15H14N6O. The summed E-state index contributed by atoms with van der Waals surface area (Å²) >= 11 is 0. The molecule has 0 fully saturated rings. The number of nitrogens with one attached hydrogen (secondary N) is 2. The topological polar surface area (TPSA) is 84.7 Å². The second kappa shape index (κ2) is 6.04. The molecule has 0 atom stereocenters. The van der Waals surface area contributed by atoms with Gasteiger partial charge in [0, 0.05) is 36.8 Å². The molecule has 0 bridgehead atoms. The van der Waals surface area contributed by atoms with Gasteiger partial charge in [0.05, 0.1) is 0 Å². The maximum atomic E-state index is 11.0. The van der Waals surface area contributed by atoms with Crippen LogP contribution >= 0.6 is 0 Å². The number of carbonyl (C=O) groups excluding carboxylic acids is 1. The van der Waals surface area contributed by atoms with Crippen LogP contribution in [-0.2, 0) is 4.79 Å². The van der Waals surface area contributed by atoms with Crippen LogP contribution in [0.15, 0.2) is 55.1 Å². The Kier molecular flexibility index (Phi) is 3.78. The monoisotopic (exact) mass is 294 g/mol. The van der Waals surface area contributed by atoms with Gasteiger partial charge in [-0.05, 0) is 30.3 Å². The summed E-state index contributed by atoms with van der Waals surface area (Å²) in [7, 11) is 0. The Balaban J connectivity index is 1.76. The van der Waals surface area contributed by atoms with Gasteiger partial charge in [-0.25, -0.2) is 14.6 Å². The normalized spacial score (nSPS) is 10.2. The molecule has 7 heteroatoms. The highest BCUT2D eigenvalue weighted by Gasteiger charge is 2.02. The fourth-order valence-corrected chi connectivity index (χ4v) is 1.93. The van der Waals surface area contributed by atoms with Crippen molar-refractivity contribution in [1.29, 1.82) is 0 Å². The number of hydrogen-bond donors (Lipinski definition) is 2. The maximum absolute atomic E-state index is 11.0. The number of hydrogen-bond acceptors (Lipinski definition) is 5. The van der Waals surface area contributed by atoms with Crippen molar-refractivity contribution in [1.82, 2.24) is 19.7 Å². The van der Waals surface area contributed by atoms with Crippen LogP contribution in [0.5, 0.6) is 0 Å². The summed E-state index contributed by atoms with van der Waals surface area (Å²) in [6.07, 6.45) is 4.98. The SMILES string of the molecule is CC(=O)Nc1ccc(Nc2cc(-n3cccn3)ncn2)cc1. The van der Waals surface area contributed by atoms with Crippen LogP contribution in [0.2, 0.25) is 0 Å². The van der Waals surface area contributed by atoms with Crippen molar-refractivity contribution in [2.45, 2.75) is 6.92 Å². The van der Waals surface area contributed by atoms with Crippen LogP contribution in [-0.4, -0.2) is 25.7 Å². The molecule has 0 saturated heterocycles. The first-order chi connectivity index (χ1) is 10.7. The second-order valence-electron chi connectivity index (χ2n) is 4.60. The fourth-order valence-electron chi connectivity index (χ4n) is 1.93. The quantitative estimate of drug-likeness (QED) is 0.771. The van der Waals surface area contributed by atoms with Gasteiger partial charge in [0.1, 0.15) is 12.1 Å². The lowest BCUT2D eigenvalue weighted by atomic mass is 10.2. The summed E-state index contributed by atoms with van der Waals surface area (Å²) in [5.74, 6) is 1.24. The number of benzene rings is 1. The average molecular weight is 294 g/mol. The molecule has 1 amide bonds. The molecule has 0 aliphatic heterocycles. The van der Waals surface area contributed by atoms with Gasteiger partial charge in [0.25, 0.3) is 0 Å². The summed E-state index contributed by atoms with van der Waals surface area (Å²) in [6.45, 7) is 1.48. The average Bonchev–Trinajstić information content (AvgIpc) is 3.03. The van der Waals surface area contributed by atoms with Crippen LogP contribution in [0, 0.1) is 0 Å². The Morgan fingerprint density at radius 2 is 1.91 bits per heavy atom. The van der Waals surface area contributed by atoms with Gasteiger partial charge >= 0.3 is 0 Å². The van der Waals surface area contributed by atoms with Gasteiger partial charge in [-0.3, -0.25) is 4.79 Å². The van der Waals surface area contributed by atoms with E-state index in [0.29, 0.717) is 11.6 Å². The summed E-state index contributed by atoms with van der Waals surface area (Å²) in [6, 6.07) is 11.0. The van der Waals surface area contributed by atoms with E-state index < -0.39 is 0 Å². The zero-order valence-electron chi connectivity index (χ0n) is 11.9. The Morgan fingerprint density at radius 3 is 2.59 bits per heavy atom. The molecule has 0 radical (unpaired) electrons. The van der Waals surface area contributed by atoms with Crippen molar-refractivity contribution < 1.29 is 4.79 Å². The second-order valence-corrected chi connectivity index (χ2v) is 4.60. The summed E-state index contributed by atoms with van der Waals surface area (Å²) in [5.41, 5.74) is 1.61. The smallest absolute Gasteiger partial charge is 0.221 e. The first-order valence-corrected chi connectivity index (χ1v) is 6.67. The van der Waals surface area contributed by atoms with Crippen LogP contribution in [0.4, 0.5) is 17.2 Å². The molecule has 110 valence electrons. The number of carbonyl (C=O) groups is 1. The lowest BCUT2D eigenvalue weighted by Gasteiger charge is -2.08. The lowest BCUT2D eigenvalue weighted by molar-refractivity contribution is -0.114. The zero-order valence-corrected chi connectivity index (χ0v) is 11.9. The van der Waals surface area contributed by atoms with Gasteiger partial charge in [-0.1, -0.05) is 0 Å². The van der Waals surface area contributed by atoms with Crippen molar-refractivity contribution >= 4 is 23.1 Å². The molecule has 3 rings (SSSR count). The molecule has 22 heavy (non-hydrogen) atoms. The van der Waals surface area contributed by atoms with Crippen LogP contribution in [0.25, 0.3) is 5.82 Å². The predicted octanol–water partition coefficient (Wildman–Crippen LogP) is 2.36. The van der Waals surface area contributed by atoms with Gasteiger partial charge in [0.2, 0.25) is 5.91 Å². The minimum atomic E-state index is -0.0969. The molecule has 0 unspecified atom stereocenters. The first-order valence-electron chi connectivity index (χ1n) is 6.67. The molecule has 0 aliphatic carbocycles. The molecule has 2 heterocycles. The highest BCUT2D eigenvalue weighted by Crippen LogP contribution is 2.18. The lowest BCUT2D eigenvalue weighted by Crippen LogP contribution is -2.05. The number of rotatable bonds is 4. The van der Waals surface area contributed by atoms with Crippen LogP contribution in [0.1, 0.15) is 6.92 Å². The van der Waals surface area contributed by atoms with E-state index in [9.17, 15) is 4.79 Å². The third-order valence-electron chi connectivity index (χ3n) is 2.87. The largest absolute Gasteiger partial charge is 0.340 e. The standard InChI is InChI=1S/C15H14N6O/c1-11(22)19-12-3-5-13(6-4-12)20-14-9-15(17-10-16-14)21-8-2-7-18-21/h2-10H,1H3,(H,19,22)(H,16,17,20). The van der Waals surface area contributed by atoms with Crippen molar-refractivity contribution in [2.75, 3.05) is 10.6 Å². The molecule has 7 nitrogen and oxygen atoms in total. The predicted molar refractivity (Wildman–Crippen MR) is 83.2 cm³/mol. The highest BCUT2D eigenvalue weighted by atomic mass is 16.1. The van der Waals surface area contributed by atoms with Gasteiger partial charge < -0.3 is 10.6 Å². The van der Waals surface area contributed by atoms with E-state index in [-0.39, 0.29) is 5.91 Å². The molecule has 0 spiro atoms. The van der Waals surface area contributed by atoms with E-state index >= 15 is 0 Å². The molecule has 1 aromatic carbocycles. The molecule has 3 aromatic rings. The fraction of sp³-hybridized carbons (Fsp3) is 0.0667. The third-order valence-corrected chi connectivity index (χ3v) is 2.87. The molecular weight excluding hydrogens is 280 g/mol. The van der Waals surface area contributed by atoms with E-state index in [1.165, 1.54) is 13.3 Å². The van der Waals surface area contributed by atoms with Gasteiger partial charge in [-0.2, -0.15) is 5.10 Å². The molecule has 0 saturated carbocycles. The van der Waals surface area contributed by atoms with Crippen LogP contribution < -0.4 is 10.6 Å². The Bertz CT molecular complexity index is 767. The minimum Gasteiger partial charge on any atom is -0.340 e. The Labute approximate surface area is 127 Å². The summed E-state index contributed by atoms with van der Waals surface area (Å²) in [4.78, 5) is 19.3. The Morgan fingerprint density at radius 1 is 1.14 bits per heavy atom. The van der Waals surface area contributed by atoms with Crippen LogP contribution in [0.3, 0.4) is 0 Å². The molecule has 2 N–H and O–H groups in total. The van der Waals surface area contributed by atoms with E-state index in [0.717, 1.165) is 11.4 Å². The maximum Gasteiger partial charge on any atom is 0.221 e. The third kappa shape index (κ3) is 3.26. The number of nitrogens with zero attached hydrogens (tertiary/aromatic N) is 4.